The number of carbonyl (C=O) groups excluding carboxylic acids is 1. The topological polar surface area (TPSA) is 81.9 Å². The molecule has 1 amide bonds. The van der Waals surface area contributed by atoms with Crippen LogP contribution in [0.1, 0.15) is 16.1 Å². The summed E-state index contributed by atoms with van der Waals surface area (Å²) in [6, 6.07) is 5.79. The Morgan fingerprint density at radius 3 is 2.54 bits per heavy atom. The first-order chi connectivity index (χ1) is 13.2. The Balaban J connectivity index is 2.01. The highest BCUT2D eigenvalue weighted by atomic mass is 35.5. The maximum absolute atomic E-state index is 13.8. The Labute approximate surface area is 159 Å². The number of nitrogens with one attached hydrogen (secondary N) is 1. The Bertz CT molecular complexity index is 1020. The van der Waals surface area contributed by atoms with E-state index in [1.54, 1.807) is 0 Å². The zero-order valence-electron chi connectivity index (χ0n) is 14.0. The van der Waals surface area contributed by atoms with Crippen LogP contribution in [0.15, 0.2) is 36.5 Å². The highest BCUT2D eigenvalue weighted by Crippen LogP contribution is 2.34. The molecule has 2 aromatic heterocycles. The predicted molar refractivity (Wildman–Crippen MR) is 90.1 cm³/mol. The van der Waals surface area contributed by atoms with Crippen molar-refractivity contribution in [2.45, 2.75) is 6.18 Å². The van der Waals surface area contributed by atoms with E-state index in [-0.39, 0.29) is 22.4 Å². The third-order valence-electron chi connectivity index (χ3n) is 3.51. The molecule has 0 saturated heterocycles. The summed E-state index contributed by atoms with van der Waals surface area (Å²) in [5, 5.41) is 12.9. The smallest absolute Gasteiger partial charge is 0.434 e. The number of aromatic nitrogens is 4. The fraction of sp³-hybridized carbons (Fsp3) is 0.125. The molecule has 2 heterocycles. The van der Waals surface area contributed by atoms with Gasteiger partial charge < -0.3 is 10.1 Å². The number of hydrogen-bond donors (Lipinski definition) is 1. The molecule has 12 heteroatoms. The van der Waals surface area contributed by atoms with Crippen LogP contribution in [0.5, 0.6) is 5.88 Å². The average Bonchev–Trinajstić information content (AvgIpc) is 3.10. The van der Waals surface area contributed by atoms with Crippen LogP contribution in [0.3, 0.4) is 0 Å². The molecule has 0 spiro atoms. The summed E-state index contributed by atoms with van der Waals surface area (Å²) in [4.78, 5) is 12.3. The lowest BCUT2D eigenvalue weighted by Gasteiger charge is -2.12. The van der Waals surface area contributed by atoms with E-state index in [1.165, 1.54) is 25.3 Å². The largest absolute Gasteiger partial charge is 0.480 e. The molecule has 1 aromatic carbocycles. The zero-order valence-corrected chi connectivity index (χ0v) is 14.7. The van der Waals surface area contributed by atoms with Crippen LogP contribution in [0.25, 0.3) is 5.82 Å². The van der Waals surface area contributed by atoms with Crippen molar-refractivity contribution in [1.29, 1.82) is 0 Å². The molecular formula is C16H10ClF4N5O2. The van der Waals surface area contributed by atoms with E-state index < -0.39 is 29.2 Å². The molecule has 1 N–H and O–H groups in total. The number of anilines is 1. The minimum Gasteiger partial charge on any atom is -0.480 e. The second kappa shape index (κ2) is 7.43. The number of carbonyl (C=O) groups is 1. The van der Waals surface area contributed by atoms with Crippen LogP contribution < -0.4 is 10.1 Å². The van der Waals surface area contributed by atoms with Gasteiger partial charge >= 0.3 is 6.18 Å². The summed E-state index contributed by atoms with van der Waals surface area (Å²) in [5.74, 6) is -2.31. The molecule has 146 valence electrons. The van der Waals surface area contributed by atoms with Gasteiger partial charge in [-0.3, -0.25) is 4.79 Å². The van der Waals surface area contributed by atoms with Crippen molar-refractivity contribution in [2.75, 3.05) is 12.4 Å². The summed E-state index contributed by atoms with van der Waals surface area (Å²) < 4.78 is 59.8. The molecule has 28 heavy (non-hydrogen) atoms. The van der Waals surface area contributed by atoms with Crippen LogP contribution in [0, 0.1) is 5.82 Å². The van der Waals surface area contributed by atoms with Gasteiger partial charge in [0.05, 0.1) is 24.6 Å². The van der Waals surface area contributed by atoms with Crippen molar-refractivity contribution >= 4 is 23.2 Å². The van der Waals surface area contributed by atoms with Gasteiger partial charge in [0.15, 0.2) is 11.5 Å². The molecule has 0 bridgehead atoms. The summed E-state index contributed by atoms with van der Waals surface area (Å²) in [7, 11) is 1.32. The third-order valence-corrected chi connectivity index (χ3v) is 3.75. The van der Waals surface area contributed by atoms with Gasteiger partial charge in [-0.2, -0.15) is 18.3 Å². The fourth-order valence-electron chi connectivity index (χ4n) is 2.28. The number of nitrogens with zero attached hydrogens (tertiary/aromatic N) is 4. The Hall–Kier alpha value is -3.21. The van der Waals surface area contributed by atoms with Gasteiger partial charge in [-0.15, -0.1) is 10.2 Å². The van der Waals surface area contributed by atoms with Gasteiger partial charge in [0, 0.05) is 11.1 Å². The lowest BCUT2D eigenvalue weighted by Crippen LogP contribution is -2.21. The molecule has 3 aromatic rings. The lowest BCUT2D eigenvalue weighted by atomic mass is 10.2. The van der Waals surface area contributed by atoms with Gasteiger partial charge in [0.1, 0.15) is 5.82 Å². The molecule has 7 nitrogen and oxygen atoms in total. The predicted octanol–water partition coefficient (Wildman–Crippen LogP) is 3.73. The molecule has 0 aliphatic heterocycles. The Morgan fingerprint density at radius 1 is 1.21 bits per heavy atom. The van der Waals surface area contributed by atoms with Crippen molar-refractivity contribution in [3.05, 3.63) is 58.6 Å². The van der Waals surface area contributed by atoms with Gasteiger partial charge in [-0.05, 0) is 24.3 Å². The van der Waals surface area contributed by atoms with Gasteiger partial charge in [-0.25, -0.2) is 9.07 Å². The second-order valence-corrected chi connectivity index (χ2v) is 5.77. The van der Waals surface area contributed by atoms with Crippen LogP contribution in [-0.2, 0) is 6.18 Å². The van der Waals surface area contributed by atoms with Crippen molar-refractivity contribution in [1.82, 2.24) is 20.0 Å². The van der Waals surface area contributed by atoms with E-state index in [1.807, 2.05) is 0 Å². The number of ether oxygens (including phenoxy) is 1. The fourth-order valence-corrected chi connectivity index (χ4v) is 2.44. The van der Waals surface area contributed by atoms with E-state index in [4.69, 9.17) is 16.3 Å². The van der Waals surface area contributed by atoms with Gasteiger partial charge in [0.2, 0.25) is 5.88 Å². The molecule has 0 saturated carbocycles. The van der Waals surface area contributed by atoms with Crippen LogP contribution in [0.4, 0.5) is 23.2 Å². The van der Waals surface area contributed by atoms with Crippen molar-refractivity contribution in [2.24, 2.45) is 0 Å². The summed E-state index contributed by atoms with van der Waals surface area (Å²) in [5.41, 5.74) is -2.54. The molecule has 0 atom stereocenters. The molecule has 0 radical (unpaired) electrons. The van der Waals surface area contributed by atoms with Crippen molar-refractivity contribution in [3.8, 4) is 11.7 Å². The SMILES string of the molecule is COc1ccc(-n2ncc(C(=O)Nc3ccc(Cl)cc3F)c2C(F)(F)F)nn1. The van der Waals surface area contributed by atoms with E-state index in [0.29, 0.717) is 10.9 Å². The molecule has 0 unspecified atom stereocenters. The number of amides is 1. The van der Waals surface area contributed by atoms with Crippen molar-refractivity contribution < 1.29 is 27.1 Å². The third kappa shape index (κ3) is 3.88. The number of methoxy groups -OCH3 is 1. The highest BCUT2D eigenvalue weighted by molar-refractivity contribution is 6.30. The normalized spacial score (nSPS) is 11.4. The second-order valence-electron chi connectivity index (χ2n) is 5.33. The summed E-state index contributed by atoms with van der Waals surface area (Å²) >= 11 is 5.61. The minimum atomic E-state index is -4.96. The Morgan fingerprint density at radius 2 is 1.96 bits per heavy atom. The van der Waals surface area contributed by atoms with Gasteiger partial charge in [0.25, 0.3) is 5.91 Å². The van der Waals surface area contributed by atoms with E-state index in [2.05, 4.69) is 20.6 Å². The molecule has 3 rings (SSSR count). The van der Waals surface area contributed by atoms with Crippen molar-refractivity contribution in [3.63, 3.8) is 0 Å². The minimum absolute atomic E-state index is 0.0670. The summed E-state index contributed by atoms with van der Waals surface area (Å²) in [6.07, 6.45) is -4.25. The van der Waals surface area contributed by atoms with E-state index in [0.717, 1.165) is 12.1 Å². The summed E-state index contributed by atoms with van der Waals surface area (Å²) in [6.45, 7) is 0. The number of alkyl halides is 3. The molecule has 0 aliphatic rings. The lowest BCUT2D eigenvalue weighted by molar-refractivity contribution is -0.143. The first-order valence-electron chi connectivity index (χ1n) is 7.50. The van der Waals surface area contributed by atoms with Crippen LogP contribution in [0.2, 0.25) is 5.02 Å². The number of benzene rings is 1. The first-order valence-corrected chi connectivity index (χ1v) is 7.88. The average molecular weight is 416 g/mol. The van der Waals surface area contributed by atoms with Crippen LogP contribution >= 0.6 is 11.6 Å². The number of rotatable bonds is 4. The maximum Gasteiger partial charge on any atom is 0.434 e. The van der Waals surface area contributed by atoms with E-state index >= 15 is 0 Å². The highest BCUT2D eigenvalue weighted by Gasteiger charge is 2.41. The van der Waals surface area contributed by atoms with Crippen LogP contribution in [-0.4, -0.2) is 33.0 Å². The first kappa shape index (κ1) is 19.5. The standard InChI is InChI=1S/C16H10ClF4N5O2/c1-28-13-5-4-12(24-25-13)26-14(16(19,20)21)9(7-22-26)15(27)23-11-3-2-8(17)6-10(11)18/h2-7H,1H3,(H,23,27). The maximum atomic E-state index is 13.8. The number of halogens is 5. The quantitative estimate of drug-likeness (QED) is 0.656. The zero-order chi connectivity index (χ0) is 20.5. The van der Waals surface area contributed by atoms with E-state index in [9.17, 15) is 22.4 Å². The monoisotopic (exact) mass is 415 g/mol. The molecule has 0 aliphatic carbocycles. The number of hydrogen-bond acceptors (Lipinski definition) is 5. The molecular weight excluding hydrogens is 406 g/mol. The Kier molecular flexibility index (Phi) is 5.18. The molecule has 0 fully saturated rings. The van der Waals surface area contributed by atoms with Gasteiger partial charge in [-0.1, -0.05) is 11.6 Å².